The molecule has 0 unspecified atom stereocenters. The predicted octanol–water partition coefficient (Wildman–Crippen LogP) is 3.50. The summed E-state index contributed by atoms with van der Waals surface area (Å²) < 4.78 is 6.25. The second kappa shape index (κ2) is 8.49. The number of hydrogen-bond donors (Lipinski definition) is 1. The second-order valence-corrected chi connectivity index (χ2v) is 7.20. The zero-order valence-corrected chi connectivity index (χ0v) is 16.9. The number of rotatable bonds is 7. The van der Waals surface area contributed by atoms with E-state index in [1.807, 2.05) is 13.8 Å². The van der Waals surface area contributed by atoms with Gasteiger partial charge in [0.15, 0.2) is 5.02 Å². The molecule has 2 rings (SSSR count). The quantitative estimate of drug-likeness (QED) is 0.421. The number of aromatic nitrogens is 2. The summed E-state index contributed by atoms with van der Waals surface area (Å²) in [4.78, 5) is 35.8. The molecule has 0 spiro atoms. The number of nitrogens with one attached hydrogen (secondary N) is 1. The third-order valence-corrected chi connectivity index (χ3v) is 5.38. The summed E-state index contributed by atoms with van der Waals surface area (Å²) in [6, 6.07) is 0. The van der Waals surface area contributed by atoms with Crippen LogP contribution in [-0.2, 0) is 22.5 Å². The van der Waals surface area contributed by atoms with Crippen LogP contribution in [0.5, 0.6) is 0 Å². The number of aryl methyl sites for hydroxylation is 1. The van der Waals surface area contributed by atoms with Crippen LogP contribution in [-0.4, -0.2) is 33.2 Å². The Bertz CT molecular complexity index is 905. The lowest BCUT2D eigenvalue weighted by Gasteiger charge is -2.07. The van der Waals surface area contributed by atoms with Crippen LogP contribution >= 0.6 is 22.9 Å². The van der Waals surface area contributed by atoms with Crippen LogP contribution in [0.2, 0.25) is 5.02 Å². The molecule has 11 heteroatoms. The average molecular weight is 415 g/mol. The van der Waals surface area contributed by atoms with Crippen LogP contribution in [0.1, 0.15) is 40.3 Å². The fourth-order valence-corrected chi connectivity index (χ4v) is 3.95. The van der Waals surface area contributed by atoms with Gasteiger partial charge in [-0.25, -0.2) is 4.79 Å². The molecule has 0 radical (unpaired) electrons. The van der Waals surface area contributed by atoms with Gasteiger partial charge >= 0.3 is 11.8 Å². The van der Waals surface area contributed by atoms with Crippen LogP contribution in [0.15, 0.2) is 0 Å². The molecule has 27 heavy (non-hydrogen) atoms. The first-order chi connectivity index (χ1) is 12.7. The van der Waals surface area contributed by atoms with Crippen molar-refractivity contribution in [1.82, 2.24) is 9.78 Å². The van der Waals surface area contributed by atoms with Gasteiger partial charge in [0, 0.05) is 4.88 Å². The smallest absolute Gasteiger partial charge is 0.408 e. The fourth-order valence-electron chi connectivity index (χ4n) is 2.59. The molecule has 1 N–H and O–H groups in total. The molecular weight excluding hydrogens is 396 g/mol. The van der Waals surface area contributed by atoms with Crippen molar-refractivity contribution in [3.63, 3.8) is 0 Å². The topological polar surface area (TPSA) is 116 Å². The first-order valence-corrected chi connectivity index (χ1v) is 9.37. The van der Waals surface area contributed by atoms with Gasteiger partial charge in [0.1, 0.15) is 11.5 Å². The zero-order chi connectivity index (χ0) is 20.3. The maximum atomic E-state index is 12.4. The van der Waals surface area contributed by atoms with E-state index in [-0.39, 0.29) is 18.2 Å². The molecule has 0 bridgehead atoms. The zero-order valence-electron chi connectivity index (χ0n) is 15.3. The number of ether oxygens (including phenoxy) is 1. The van der Waals surface area contributed by atoms with E-state index in [0.717, 1.165) is 15.1 Å². The van der Waals surface area contributed by atoms with Crippen molar-refractivity contribution in [2.45, 2.75) is 40.7 Å². The number of nitrogens with zero attached hydrogens (tertiary/aromatic N) is 3. The Balaban J connectivity index is 2.27. The minimum Gasteiger partial charge on any atom is -0.462 e. The Hall–Kier alpha value is -2.46. The summed E-state index contributed by atoms with van der Waals surface area (Å²) in [6.45, 7) is 6.96. The number of esters is 1. The maximum Gasteiger partial charge on any atom is 0.408 e. The second-order valence-electron chi connectivity index (χ2n) is 5.60. The van der Waals surface area contributed by atoms with Crippen LogP contribution in [0.4, 0.5) is 10.8 Å². The molecule has 0 aliphatic rings. The molecule has 2 aromatic heterocycles. The number of hydrogen-bond acceptors (Lipinski definition) is 7. The van der Waals surface area contributed by atoms with Gasteiger partial charge in [-0.2, -0.15) is 4.68 Å². The van der Waals surface area contributed by atoms with Gasteiger partial charge in [-0.05, 0) is 37.7 Å². The highest BCUT2D eigenvalue weighted by atomic mass is 35.5. The molecule has 1 amide bonds. The molecule has 0 atom stereocenters. The van der Waals surface area contributed by atoms with E-state index in [2.05, 4.69) is 10.4 Å². The monoisotopic (exact) mass is 414 g/mol. The Morgan fingerprint density at radius 2 is 2.04 bits per heavy atom. The molecule has 0 fully saturated rings. The van der Waals surface area contributed by atoms with Crippen molar-refractivity contribution in [3.05, 3.63) is 36.8 Å². The number of nitro groups is 1. The van der Waals surface area contributed by atoms with Crippen molar-refractivity contribution in [3.8, 4) is 0 Å². The molecule has 0 aliphatic carbocycles. The highest BCUT2D eigenvalue weighted by Gasteiger charge is 2.27. The molecule has 146 valence electrons. The Labute approximate surface area is 164 Å². The molecule has 0 aliphatic heterocycles. The van der Waals surface area contributed by atoms with Crippen LogP contribution in [0, 0.1) is 24.0 Å². The van der Waals surface area contributed by atoms with Crippen molar-refractivity contribution in [2.75, 3.05) is 11.9 Å². The van der Waals surface area contributed by atoms with E-state index in [1.54, 1.807) is 6.92 Å². The number of amides is 1. The molecule has 0 saturated carbocycles. The summed E-state index contributed by atoms with van der Waals surface area (Å²) in [5, 5.41) is 17.6. The average Bonchev–Trinajstić information content (AvgIpc) is 3.05. The van der Waals surface area contributed by atoms with Gasteiger partial charge < -0.3 is 20.2 Å². The summed E-state index contributed by atoms with van der Waals surface area (Å²) in [6.07, 6.45) is 0.617. The van der Waals surface area contributed by atoms with E-state index < -0.39 is 22.6 Å². The van der Waals surface area contributed by atoms with E-state index in [1.165, 1.54) is 18.3 Å². The van der Waals surface area contributed by atoms with Crippen molar-refractivity contribution in [2.24, 2.45) is 0 Å². The van der Waals surface area contributed by atoms with Crippen molar-refractivity contribution >= 4 is 45.6 Å². The van der Waals surface area contributed by atoms with Crippen molar-refractivity contribution in [1.29, 1.82) is 0 Å². The summed E-state index contributed by atoms with van der Waals surface area (Å²) in [7, 11) is 0. The molecule has 0 aromatic carbocycles. The number of carbonyl (C=O) groups is 2. The number of halogens is 1. The highest BCUT2D eigenvalue weighted by Crippen LogP contribution is 2.34. The largest absolute Gasteiger partial charge is 0.462 e. The highest BCUT2D eigenvalue weighted by molar-refractivity contribution is 7.16. The minimum atomic E-state index is -0.710. The number of carbonyl (C=O) groups excluding carboxylic acids is 2. The SMILES string of the molecule is CCOC(=O)c1c(NC(=O)Cn2nc([N+](=O)[O-])c(Cl)c2C)sc(C)c1CC. The first kappa shape index (κ1) is 20.8. The fraction of sp³-hybridized carbons (Fsp3) is 0.438. The lowest BCUT2D eigenvalue weighted by atomic mass is 10.1. The van der Waals surface area contributed by atoms with E-state index >= 15 is 0 Å². The third-order valence-electron chi connectivity index (χ3n) is 3.88. The number of thiophene rings is 1. The molecule has 2 aromatic rings. The van der Waals surface area contributed by atoms with Gasteiger partial charge in [-0.3, -0.25) is 4.79 Å². The first-order valence-electron chi connectivity index (χ1n) is 8.17. The van der Waals surface area contributed by atoms with Crippen LogP contribution in [0.25, 0.3) is 0 Å². The van der Waals surface area contributed by atoms with Gasteiger partial charge in [0.05, 0.1) is 23.0 Å². The molecule has 2 heterocycles. The lowest BCUT2D eigenvalue weighted by molar-refractivity contribution is -0.389. The molecule has 9 nitrogen and oxygen atoms in total. The third kappa shape index (κ3) is 4.28. The Morgan fingerprint density at radius 3 is 2.56 bits per heavy atom. The van der Waals surface area contributed by atoms with Gasteiger partial charge in [-0.1, -0.05) is 18.5 Å². The predicted molar refractivity (Wildman–Crippen MR) is 102 cm³/mol. The maximum absolute atomic E-state index is 12.4. The molecule has 0 saturated heterocycles. The lowest BCUT2D eigenvalue weighted by Crippen LogP contribution is -2.21. The minimum absolute atomic E-state index is 0.111. The van der Waals surface area contributed by atoms with Gasteiger partial charge in [-0.15, -0.1) is 11.3 Å². The van der Waals surface area contributed by atoms with Gasteiger partial charge in [0.2, 0.25) is 5.91 Å². The molecular formula is C16H19ClN4O5S. The Kier molecular flexibility index (Phi) is 6.55. The van der Waals surface area contributed by atoms with Gasteiger partial charge in [0.25, 0.3) is 0 Å². The normalized spacial score (nSPS) is 10.7. The summed E-state index contributed by atoms with van der Waals surface area (Å²) in [5.74, 6) is -1.49. The van der Waals surface area contributed by atoms with Crippen molar-refractivity contribution < 1.29 is 19.2 Å². The standard InChI is InChI=1S/C16H19ClN4O5S/c1-5-10-9(4)27-15(12(10)16(23)26-6-2)18-11(22)7-20-8(3)13(17)14(19-20)21(24)25/h5-7H2,1-4H3,(H,18,22). The van der Waals surface area contributed by atoms with Crippen LogP contribution < -0.4 is 5.32 Å². The summed E-state index contributed by atoms with van der Waals surface area (Å²) in [5.41, 5.74) is 1.47. The Morgan fingerprint density at radius 1 is 1.37 bits per heavy atom. The van der Waals surface area contributed by atoms with Crippen LogP contribution in [0.3, 0.4) is 0 Å². The summed E-state index contributed by atoms with van der Waals surface area (Å²) >= 11 is 7.16. The van der Waals surface area contributed by atoms with E-state index in [4.69, 9.17) is 16.3 Å². The van der Waals surface area contributed by atoms with E-state index in [9.17, 15) is 19.7 Å². The van der Waals surface area contributed by atoms with E-state index in [0.29, 0.717) is 22.7 Å². The number of anilines is 1.